The largest absolute Gasteiger partial charge is 0.491 e. The molecule has 0 unspecified atom stereocenters. The van der Waals surface area contributed by atoms with E-state index in [0.717, 1.165) is 24.2 Å². The summed E-state index contributed by atoms with van der Waals surface area (Å²) in [7, 11) is 0. The molecule has 0 amide bonds. The second-order valence-electron chi connectivity index (χ2n) is 7.08. The number of carbonyl (C=O) groups excluding carboxylic acids is 2. The Morgan fingerprint density at radius 3 is 2.38 bits per heavy atom. The topological polar surface area (TPSA) is 57.5 Å². The molecule has 5 heteroatoms. The van der Waals surface area contributed by atoms with Gasteiger partial charge in [-0.3, -0.25) is 4.79 Å². The Morgan fingerprint density at radius 1 is 1.15 bits per heavy atom. The highest BCUT2D eigenvalue weighted by Crippen LogP contribution is 2.38. The first-order chi connectivity index (χ1) is 12.4. The van der Waals surface area contributed by atoms with E-state index < -0.39 is 5.97 Å². The van der Waals surface area contributed by atoms with Crippen molar-refractivity contribution in [3.8, 4) is 5.75 Å². The van der Waals surface area contributed by atoms with Gasteiger partial charge >= 0.3 is 5.97 Å². The van der Waals surface area contributed by atoms with Crippen LogP contribution in [0.3, 0.4) is 0 Å². The molecule has 0 spiro atoms. The number of nitrogens with zero attached hydrogens (tertiary/aromatic N) is 1. The first kappa shape index (κ1) is 18.2. The third-order valence-corrected chi connectivity index (χ3v) is 4.49. The van der Waals surface area contributed by atoms with Gasteiger partial charge in [-0.05, 0) is 70.9 Å². The predicted octanol–water partition coefficient (Wildman–Crippen LogP) is 4.27. The lowest BCUT2D eigenvalue weighted by Gasteiger charge is -2.10. The van der Waals surface area contributed by atoms with Crippen molar-refractivity contribution in [1.82, 2.24) is 4.57 Å². The van der Waals surface area contributed by atoms with Gasteiger partial charge in [-0.25, -0.2) is 4.79 Å². The molecule has 1 aliphatic carbocycles. The van der Waals surface area contributed by atoms with Crippen LogP contribution in [-0.4, -0.2) is 29.0 Å². The van der Waals surface area contributed by atoms with Crippen LogP contribution in [0.1, 0.15) is 64.8 Å². The van der Waals surface area contributed by atoms with Crippen molar-refractivity contribution in [2.24, 2.45) is 0 Å². The van der Waals surface area contributed by atoms with Gasteiger partial charge in [0.25, 0.3) is 0 Å². The summed E-state index contributed by atoms with van der Waals surface area (Å²) >= 11 is 0. The van der Waals surface area contributed by atoms with E-state index in [1.54, 1.807) is 24.3 Å². The lowest BCUT2D eigenvalue weighted by atomic mass is 10.1. The molecular formula is C21H25NO4. The smallest absolute Gasteiger partial charge is 0.338 e. The first-order valence-corrected chi connectivity index (χ1v) is 9.02. The summed E-state index contributed by atoms with van der Waals surface area (Å²) in [5.74, 6) is 0.0173. The number of hydrogen-bond acceptors (Lipinski definition) is 4. The zero-order valence-corrected chi connectivity index (χ0v) is 15.7. The van der Waals surface area contributed by atoms with Gasteiger partial charge in [-0.2, -0.15) is 0 Å². The predicted molar refractivity (Wildman–Crippen MR) is 99.0 cm³/mol. The molecule has 1 aromatic carbocycles. The fourth-order valence-electron chi connectivity index (χ4n) is 3.19. The molecule has 26 heavy (non-hydrogen) atoms. The first-order valence-electron chi connectivity index (χ1n) is 9.02. The molecule has 5 nitrogen and oxygen atoms in total. The summed E-state index contributed by atoms with van der Waals surface area (Å²) in [5.41, 5.74) is 3.09. The Kier molecular flexibility index (Phi) is 5.16. The van der Waals surface area contributed by atoms with Crippen LogP contribution in [0.4, 0.5) is 0 Å². The second kappa shape index (κ2) is 7.36. The van der Waals surface area contributed by atoms with E-state index >= 15 is 0 Å². The van der Waals surface area contributed by atoms with E-state index in [2.05, 4.69) is 4.57 Å². The van der Waals surface area contributed by atoms with E-state index in [1.807, 2.05) is 33.8 Å². The molecule has 0 radical (unpaired) electrons. The molecule has 1 saturated carbocycles. The molecule has 2 aromatic rings. The second-order valence-corrected chi connectivity index (χ2v) is 7.08. The SMILES string of the molecule is Cc1cc(C(=O)COC(=O)c2ccc(OC(C)C)cc2)c(C)n1C1CC1. The van der Waals surface area contributed by atoms with Crippen LogP contribution in [-0.2, 0) is 4.74 Å². The average Bonchev–Trinajstić information content (AvgIpc) is 3.37. The monoisotopic (exact) mass is 355 g/mol. The highest BCUT2D eigenvalue weighted by atomic mass is 16.5. The van der Waals surface area contributed by atoms with Gasteiger partial charge in [0.2, 0.25) is 5.78 Å². The summed E-state index contributed by atoms with van der Waals surface area (Å²) in [6, 6.07) is 9.14. The Morgan fingerprint density at radius 2 is 1.81 bits per heavy atom. The number of ether oxygens (including phenoxy) is 2. The van der Waals surface area contributed by atoms with Gasteiger partial charge in [-0.1, -0.05) is 0 Å². The summed E-state index contributed by atoms with van der Waals surface area (Å²) in [4.78, 5) is 24.6. The zero-order chi connectivity index (χ0) is 18.8. The van der Waals surface area contributed by atoms with Crippen LogP contribution in [0.25, 0.3) is 0 Å². The fourth-order valence-corrected chi connectivity index (χ4v) is 3.19. The maximum Gasteiger partial charge on any atom is 0.338 e. The molecule has 1 aliphatic rings. The molecule has 1 aromatic heterocycles. The minimum Gasteiger partial charge on any atom is -0.491 e. The van der Waals surface area contributed by atoms with E-state index in [1.165, 1.54) is 0 Å². The lowest BCUT2D eigenvalue weighted by Crippen LogP contribution is -2.15. The number of carbonyl (C=O) groups is 2. The molecule has 138 valence electrons. The summed E-state index contributed by atoms with van der Waals surface area (Å²) in [6.45, 7) is 7.59. The van der Waals surface area contributed by atoms with Crippen LogP contribution in [0.5, 0.6) is 5.75 Å². The van der Waals surface area contributed by atoms with Crippen molar-refractivity contribution < 1.29 is 19.1 Å². The summed E-state index contributed by atoms with van der Waals surface area (Å²) < 4.78 is 13.0. The number of hydrogen-bond donors (Lipinski definition) is 0. The quantitative estimate of drug-likeness (QED) is 0.550. The number of esters is 1. The normalized spacial score (nSPS) is 13.7. The van der Waals surface area contributed by atoms with Gasteiger partial charge in [0.1, 0.15) is 5.75 Å². The van der Waals surface area contributed by atoms with Crippen LogP contribution < -0.4 is 4.74 Å². The van der Waals surface area contributed by atoms with E-state index in [-0.39, 0.29) is 18.5 Å². The molecule has 0 saturated heterocycles. The van der Waals surface area contributed by atoms with Crippen molar-refractivity contribution in [2.45, 2.75) is 52.7 Å². The molecule has 1 heterocycles. The highest BCUT2D eigenvalue weighted by Gasteiger charge is 2.28. The number of benzene rings is 1. The van der Waals surface area contributed by atoms with Crippen molar-refractivity contribution in [3.05, 3.63) is 52.8 Å². The van der Waals surface area contributed by atoms with E-state index in [4.69, 9.17) is 9.47 Å². The van der Waals surface area contributed by atoms with Gasteiger partial charge in [0, 0.05) is 23.0 Å². The molecule has 0 N–H and O–H groups in total. The highest BCUT2D eigenvalue weighted by molar-refractivity contribution is 6.00. The number of aromatic nitrogens is 1. The summed E-state index contributed by atoms with van der Waals surface area (Å²) in [6.07, 6.45) is 2.39. The van der Waals surface area contributed by atoms with E-state index in [0.29, 0.717) is 22.9 Å². The maximum atomic E-state index is 12.5. The molecule has 3 rings (SSSR count). The van der Waals surface area contributed by atoms with Gasteiger partial charge < -0.3 is 14.0 Å². The van der Waals surface area contributed by atoms with Crippen molar-refractivity contribution in [3.63, 3.8) is 0 Å². The van der Waals surface area contributed by atoms with Crippen molar-refractivity contribution in [2.75, 3.05) is 6.61 Å². The third-order valence-electron chi connectivity index (χ3n) is 4.49. The number of Topliss-reactive ketones (excluding diaryl/α,β-unsaturated/α-hetero) is 1. The van der Waals surface area contributed by atoms with Crippen molar-refractivity contribution in [1.29, 1.82) is 0 Å². The standard InChI is InChI=1S/C21H25NO4/c1-13(2)26-18-9-5-16(6-10-18)21(24)25-12-20(23)19-11-14(3)22(15(19)4)17-7-8-17/h5-6,9-11,13,17H,7-8,12H2,1-4H3. The summed E-state index contributed by atoms with van der Waals surface area (Å²) in [5, 5.41) is 0. The number of aryl methyl sites for hydroxylation is 1. The van der Waals surface area contributed by atoms with Crippen LogP contribution in [0.2, 0.25) is 0 Å². The Bertz CT molecular complexity index is 813. The Balaban J connectivity index is 1.61. The zero-order valence-electron chi connectivity index (χ0n) is 15.7. The van der Waals surface area contributed by atoms with Gasteiger partial charge in [0.05, 0.1) is 11.7 Å². The van der Waals surface area contributed by atoms with Gasteiger partial charge in [0.15, 0.2) is 6.61 Å². The van der Waals surface area contributed by atoms with Crippen LogP contribution >= 0.6 is 0 Å². The fraction of sp³-hybridized carbons (Fsp3) is 0.429. The average molecular weight is 355 g/mol. The van der Waals surface area contributed by atoms with Gasteiger partial charge in [-0.15, -0.1) is 0 Å². The number of ketones is 1. The molecule has 0 atom stereocenters. The minimum atomic E-state index is -0.509. The molecular weight excluding hydrogens is 330 g/mol. The number of rotatable bonds is 7. The lowest BCUT2D eigenvalue weighted by molar-refractivity contribution is 0.0474. The minimum absolute atomic E-state index is 0.0695. The molecule has 0 aliphatic heterocycles. The Hall–Kier alpha value is -2.56. The van der Waals surface area contributed by atoms with E-state index in [9.17, 15) is 9.59 Å². The van der Waals surface area contributed by atoms with Crippen LogP contribution in [0, 0.1) is 13.8 Å². The molecule has 1 fully saturated rings. The third kappa shape index (κ3) is 3.98. The Labute approximate surface area is 153 Å². The maximum absolute atomic E-state index is 12.5. The van der Waals surface area contributed by atoms with Crippen LogP contribution in [0.15, 0.2) is 30.3 Å². The molecule has 0 bridgehead atoms. The van der Waals surface area contributed by atoms with Crippen molar-refractivity contribution >= 4 is 11.8 Å².